The second-order valence-electron chi connectivity index (χ2n) is 6.17. The van der Waals surface area contributed by atoms with E-state index in [1.165, 1.54) is 11.8 Å². The van der Waals surface area contributed by atoms with E-state index in [4.69, 9.17) is 21.1 Å². The molecule has 1 aromatic heterocycles. The summed E-state index contributed by atoms with van der Waals surface area (Å²) in [6.07, 6.45) is 1.12. The number of nitrogens with one attached hydrogen (secondary N) is 2. The number of amides is 2. The summed E-state index contributed by atoms with van der Waals surface area (Å²) in [5.41, 5.74) is -0.714. The molecular weight excluding hydrogens is 400 g/mol. The quantitative estimate of drug-likeness (QED) is 0.494. The number of hydrogen-bond donors (Lipinski definition) is 2. The Balaban J connectivity index is 2.68. The predicted octanol–water partition coefficient (Wildman–Crippen LogP) is 2.93. The zero-order valence-corrected chi connectivity index (χ0v) is 17.5. The first kappa shape index (κ1) is 22.6. The van der Waals surface area contributed by atoms with E-state index in [0.717, 1.165) is 11.3 Å². The van der Waals surface area contributed by atoms with E-state index in [9.17, 15) is 14.4 Å². The van der Waals surface area contributed by atoms with E-state index in [2.05, 4.69) is 10.6 Å². The number of alkyl carbamates (subject to hydrolysis) is 1. The molecule has 0 aliphatic carbocycles. The largest absolute Gasteiger partial charge is 0.463 e. The Morgan fingerprint density at radius 1 is 1.31 bits per heavy atom. The van der Waals surface area contributed by atoms with Gasteiger partial charge in [-0.25, -0.2) is 9.59 Å². The Labute approximate surface area is 166 Å². The van der Waals surface area contributed by atoms with Gasteiger partial charge in [-0.05, 0) is 39.2 Å². The third kappa shape index (κ3) is 8.77. The fourth-order valence-corrected chi connectivity index (χ4v) is 2.90. The molecule has 0 spiro atoms. The maximum absolute atomic E-state index is 12.2. The van der Waals surface area contributed by atoms with Crippen molar-refractivity contribution in [2.24, 2.45) is 0 Å². The van der Waals surface area contributed by atoms with Crippen molar-refractivity contribution in [1.29, 1.82) is 0 Å². The molecule has 2 amide bonds. The van der Waals surface area contributed by atoms with Crippen LogP contribution in [0.4, 0.5) is 4.79 Å². The fourth-order valence-electron chi connectivity index (χ4n) is 1.69. The second-order valence-corrected chi connectivity index (χ2v) is 8.87. The van der Waals surface area contributed by atoms with Gasteiger partial charge in [-0.15, -0.1) is 11.3 Å². The van der Waals surface area contributed by atoms with Crippen molar-refractivity contribution in [3.05, 3.63) is 21.3 Å². The highest BCUT2D eigenvalue weighted by Gasteiger charge is 2.26. The van der Waals surface area contributed by atoms with Gasteiger partial charge in [0.25, 0.3) is 5.91 Å². The average molecular weight is 423 g/mol. The average Bonchev–Trinajstić information content (AvgIpc) is 2.96. The zero-order chi connectivity index (χ0) is 19.7. The summed E-state index contributed by atoms with van der Waals surface area (Å²) in [5, 5.41) is 5.02. The molecule has 0 aliphatic heterocycles. The molecule has 0 bridgehead atoms. The monoisotopic (exact) mass is 422 g/mol. The molecule has 1 aromatic rings. The number of halogens is 1. The molecule has 0 radical (unpaired) electrons. The molecule has 0 unspecified atom stereocenters. The number of carbonyl (C=O) groups excluding carboxylic acids is 3. The summed E-state index contributed by atoms with van der Waals surface area (Å²) in [4.78, 5) is 36.7. The van der Waals surface area contributed by atoms with Crippen LogP contribution in [0.5, 0.6) is 0 Å². The van der Waals surface area contributed by atoms with Gasteiger partial charge in [0, 0.05) is 12.3 Å². The third-order valence-electron chi connectivity index (χ3n) is 2.77. The minimum absolute atomic E-state index is 0.133. The SMILES string of the molecule is CSCCOC(=O)[C@H](CNC(=O)c1ccc(Cl)s1)NC(=O)OC(C)(C)C. The Bertz CT molecular complexity index is 630. The summed E-state index contributed by atoms with van der Waals surface area (Å²) in [6.45, 7) is 5.20. The standard InChI is InChI=1S/C16H23ClN2O5S2/c1-16(2,3)24-15(22)19-10(14(21)23-7-8-25-4)9-18-13(20)11-5-6-12(17)26-11/h5-6,10H,7-9H2,1-4H3,(H,18,20)(H,19,22)/t10-/m0/s1. The summed E-state index contributed by atoms with van der Waals surface area (Å²) < 4.78 is 10.7. The van der Waals surface area contributed by atoms with Crippen molar-refractivity contribution in [3.8, 4) is 0 Å². The van der Waals surface area contributed by atoms with Crippen LogP contribution >= 0.6 is 34.7 Å². The van der Waals surface area contributed by atoms with Crippen molar-refractivity contribution >= 4 is 52.7 Å². The fraction of sp³-hybridized carbons (Fsp3) is 0.562. The van der Waals surface area contributed by atoms with Crippen LogP contribution in [0.25, 0.3) is 0 Å². The molecule has 10 heteroatoms. The van der Waals surface area contributed by atoms with Crippen LogP contribution in [-0.4, -0.2) is 54.8 Å². The van der Waals surface area contributed by atoms with Crippen molar-refractivity contribution in [1.82, 2.24) is 10.6 Å². The van der Waals surface area contributed by atoms with E-state index in [-0.39, 0.29) is 13.2 Å². The Kier molecular flexibility index (Phi) is 9.24. The van der Waals surface area contributed by atoms with Crippen LogP contribution in [0, 0.1) is 0 Å². The van der Waals surface area contributed by atoms with Gasteiger partial charge in [0.15, 0.2) is 0 Å². The van der Waals surface area contributed by atoms with Crippen LogP contribution in [0.2, 0.25) is 4.34 Å². The summed E-state index contributed by atoms with van der Waals surface area (Å²) >= 11 is 8.45. The van der Waals surface area contributed by atoms with E-state index < -0.39 is 29.6 Å². The number of carbonyl (C=O) groups is 3. The second kappa shape index (κ2) is 10.6. The van der Waals surface area contributed by atoms with Crippen LogP contribution in [0.3, 0.4) is 0 Å². The van der Waals surface area contributed by atoms with Gasteiger partial charge in [-0.3, -0.25) is 4.79 Å². The number of ether oxygens (including phenoxy) is 2. The molecule has 0 saturated carbocycles. The maximum atomic E-state index is 12.2. The maximum Gasteiger partial charge on any atom is 0.408 e. The number of esters is 1. The summed E-state index contributed by atoms with van der Waals surface area (Å²) in [7, 11) is 0. The van der Waals surface area contributed by atoms with Crippen molar-refractivity contribution in [3.63, 3.8) is 0 Å². The van der Waals surface area contributed by atoms with Gasteiger partial charge < -0.3 is 20.1 Å². The number of rotatable bonds is 8. The molecule has 1 rings (SSSR count). The molecule has 0 aromatic carbocycles. The van der Waals surface area contributed by atoms with Gasteiger partial charge in [0.1, 0.15) is 18.2 Å². The Morgan fingerprint density at radius 3 is 2.54 bits per heavy atom. The Hall–Kier alpha value is -1.45. The predicted molar refractivity (Wildman–Crippen MR) is 104 cm³/mol. The molecular formula is C16H23ClN2O5S2. The lowest BCUT2D eigenvalue weighted by Crippen LogP contribution is -2.50. The summed E-state index contributed by atoms with van der Waals surface area (Å²) in [5.74, 6) is -0.408. The van der Waals surface area contributed by atoms with Crippen LogP contribution in [0.1, 0.15) is 30.4 Å². The number of hydrogen-bond acceptors (Lipinski definition) is 7. The highest BCUT2D eigenvalue weighted by Crippen LogP contribution is 2.21. The minimum atomic E-state index is -1.06. The molecule has 0 fully saturated rings. The molecule has 26 heavy (non-hydrogen) atoms. The highest BCUT2D eigenvalue weighted by atomic mass is 35.5. The first-order valence-corrected chi connectivity index (χ1v) is 10.4. The third-order valence-corrected chi connectivity index (χ3v) is 4.58. The molecule has 1 heterocycles. The lowest BCUT2D eigenvalue weighted by atomic mass is 10.2. The van der Waals surface area contributed by atoms with Crippen LogP contribution < -0.4 is 10.6 Å². The molecule has 0 saturated heterocycles. The van der Waals surface area contributed by atoms with Gasteiger partial charge in [0.2, 0.25) is 0 Å². The first-order chi connectivity index (χ1) is 12.1. The molecule has 0 aliphatic rings. The molecule has 146 valence electrons. The van der Waals surface area contributed by atoms with Gasteiger partial charge in [0.05, 0.1) is 9.21 Å². The van der Waals surface area contributed by atoms with Gasteiger partial charge in [-0.1, -0.05) is 11.6 Å². The van der Waals surface area contributed by atoms with Gasteiger partial charge in [-0.2, -0.15) is 11.8 Å². The smallest absolute Gasteiger partial charge is 0.408 e. The topological polar surface area (TPSA) is 93.7 Å². The van der Waals surface area contributed by atoms with E-state index >= 15 is 0 Å². The summed E-state index contributed by atoms with van der Waals surface area (Å²) in [6, 6.07) is 2.12. The minimum Gasteiger partial charge on any atom is -0.463 e. The molecule has 7 nitrogen and oxygen atoms in total. The van der Waals surface area contributed by atoms with Crippen molar-refractivity contribution in [2.75, 3.05) is 25.2 Å². The van der Waals surface area contributed by atoms with Crippen LogP contribution in [0.15, 0.2) is 12.1 Å². The molecule has 1 atom stereocenters. The van der Waals surface area contributed by atoms with Crippen molar-refractivity contribution < 1.29 is 23.9 Å². The van der Waals surface area contributed by atoms with Crippen LogP contribution in [-0.2, 0) is 14.3 Å². The normalized spacial score (nSPS) is 12.2. The highest BCUT2D eigenvalue weighted by molar-refractivity contribution is 7.98. The Morgan fingerprint density at radius 2 is 2.00 bits per heavy atom. The zero-order valence-electron chi connectivity index (χ0n) is 15.1. The van der Waals surface area contributed by atoms with Crippen molar-refractivity contribution in [2.45, 2.75) is 32.4 Å². The van der Waals surface area contributed by atoms with Gasteiger partial charge >= 0.3 is 12.1 Å². The number of thiophene rings is 1. The van der Waals surface area contributed by atoms with E-state index in [0.29, 0.717) is 15.0 Å². The van der Waals surface area contributed by atoms with E-state index in [1.54, 1.807) is 32.9 Å². The molecule has 2 N–H and O–H groups in total. The lowest BCUT2D eigenvalue weighted by Gasteiger charge is -2.23. The van der Waals surface area contributed by atoms with E-state index in [1.807, 2.05) is 6.26 Å². The first-order valence-electron chi connectivity index (χ1n) is 7.81. The number of thioether (sulfide) groups is 1. The lowest BCUT2D eigenvalue weighted by molar-refractivity contribution is -0.145.